The fourth-order valence-electron chi connectivity index (χ4n) is 5.01. The molecule has 9 nitrogen and oxygen atoms in total. The van der Waals surface area contributed by atoms with Gasteiger partial charge in [-0.2, -0.15) is 0 Å². The van der Waals surface area contributed by atoms with Crippen molar-refractivity contribution in [2.75, 3.05) is 13.1 Å². The highest BCUT2D eigenvalue weighted by Crippen LogP contribution is 2.35. The molecule has 3 aliphatic heterocycles. The van der Waals surface area contributed by atoms with E-state index in [0.717, 1.165) is 17.0 Å². The van der Waals surface area contributed by atoms with Crippen LogP contribution in [0.25, 0.3) is 0 Å². The van der Waals surface area contributed by atoms with E-state index < -0.39 is 12.1 Å². The summed E-state index contributed by atoms with van der Waals surface area (Å²) in [6, 6.07) is 7.57. The van der Waals surface area contributed by atoms with Gasteiger partial charge in [0, 0.05) is 43.7 Å². The summed E-state index contributed by atoms with van der Waals surface area (Å²) in [5, 5.41) is 2.67. The fourth-order valence-corrected chi connectivity index (χ4v) is 5.01. The number of nitrogens with one attached hydrogen (secondary N) is 1. The largest absolute Gasteiger partial charge is 0.467 e. The van der Waals surface area contributed by atoms with Gasteiger partial charge in [-0.05, 0) is 37.0 Å². The molecule has 5 rings (SSSR count). The minimum absolute atomic E-state index is 0.0153. The first kappa shape index (κ1) is 19.6. The topological polar surface area (TPSA) is 105 Å². The SMILES string of the molecule is O=C(CCC1NC(=O)N(Cc2ccco2)C1=O)N1CC2CC(C1)c1cccc(=O)n1C2. The van der Waals surface area contributed by atoms with Crippen LogP contribution in [-0.2, 0) is 22.7 Å². The summed E-state index contributed by atoms with van der Waals surface area (Å²) in [5.74, 6) is 0.583. The molecule has 2 aromatic rings. The third kappa shape index (κ3) is 3.64. The molecular formula is C22H24N4O5. The van der Waals surface area contributed by atoms with Gasteiger partial charge in [-0.25, -0.2) is 4.79 Å². The van der Waals surface area contributed by atoms with Crippen LogP contribution in [0.4, 0.5) is 4.79 Å². The third-order valence-electron chi connectivity index (χ3n) is 6.48. The number of aromatic nitrogens is 1. The predicted octanol–water partition coefficient (Wildman–Crippen LogP) is 1.29. The van der Waals surface area contributed by atoms with Crippen LogP contribution >= 0.6 is 0 Å². The Hall–Kier alpha value is -3.36. The van der Waals surface area contributed by atoms with E-state index in [9.17, 15) is 19.2 Å². The number of nitrogens with zero attached hydrogens (tertiary/aromatic N) is 3. The summed E-state index contributed by atoms with van der Waals surface area (Å²) >= 11 is 0. The highest BCUT2D eigenvalue weighted by atomic mass is 16.3. The summed E-state index contributed by atoms with van der Waals surface area (Å²) < 4.78 is 7.05. The lowest BCUT2D eigenvalue weighted by Gasteiger charge is -2.42. The lowest BCUT2D eigenvalue weighted by molar-refractivity contribution is -0.134. The zero-order valence-electron chi connectivity index (χ0n) is 17.0. The molecule has 9 heteroatoms. The molecule has 2 fully saturated rings. The number of amides is 4. The molecule has 2 aromatic heterocycles. The first-order valence-corrected chi connectivity index (χ1v) is 10.6. The van der Waals surface area contributed by atoms with Crippen molar-refractivity contribution in [3.63, 3.8) is 0 Å². The molecule has 162 valence electrons. The molecule has 31 heavy (non-hydrogen) atoms. The Balaban J connectivity index is 1.19. The summed E-state index contributed by atoms with van der Waals surface area (Å²) in [7, 11) is 0. The average Bonchev–Trinajstić information content (AvgIpc) is 3.36. The number of fused-ring (bicyclic) bond motifs is 4. The number of rotatable bonds is 5. The number of hydrogen-bond acceptors (Lipinski definition) is 5. The number of imide groups is 1. The number of likely N-dealkylation sites (tertiary alicyclic amines) is 1. The molecule has 0 aromatic carbocycles. The Morgan fingerprint density at radius 3 is 2.77 bits per heavy atom. The van der Waals surface area contributed by atoms with Crippen molar-refractivity contribution in [3.05, 3.63) is 58.4 Å². The lowest BCUT2D eigenvalue weighted by atomic mass is 9.83. The van der Waals surface area contributed by atoms with Crippen LogP contribution in [0.1, 0.15) is 36.6 Å². The normalized spacial score (nSPS) is 24.8. The van der Waals surface area contributed by atoms with Gasteiger partial charge < -0.3 is 19.2 Å². The Labute approximate surface area is 178 Å². The number of urea groups is 1. The standard InChI is InChI=1S/C22H24N4O5/c27-19(7-6-17-21(29)26(22(30)23-17)13-16-3-2-8-31-16)24-10-14-9-15(12-24)18-4-1-5-20(28)25(18)11-14/h1-5,8,14-15,17H,6-7,9-13H2,(H,23,30). The van der Waals surface area contributed by atoms with E-state index in [1.807, 2.05) is 15.5 Å². The van der Waals surface area contributed by atoms with Crippen molar-refractivity contribution in [3.8, 4) is 0 Å². The minimum Gasteiger partial charge on any atom is -0.467 e. The van der Waals surface area contributed by atoms with Gasteiger partial charge in [0.25, 0.3) is 11.5 Å². The molecule has 1 N–H and O–H groups in total. The van der Waals surface area contributed by atoms with E-state index in [4.69, 9.17) is 4.42 Å². The van der Waals surface area contributed by atoms with E-state index in [0.29, 0.717) is 25.4 Å². The second-order valence-corrected chi connectivity index (χ2v) is 8.54. The minimum atomic E-state index is -0.699. The first-order valence-electron chi connectivity index (χ1n) is 10.6. The second kappa shape index (κ2) is 7.72. The number of furan rings is 1. The number of pyridine rings is 1. The smallest absolute Gasteiger partial charge is 0.325 e. The van der Waals surface area contributed by atoms with Crippen LogP contribution in [0.5, 0.6) is 0 Å². The van der Waals surface area contributed by atoms with Crippen LogP contribution in [0.3, 0.4) is 0 Å². The second-order valence-electron chi connectivity index (χ2n) is 8.54. The van der Waals surface area contributed by atoms with E-state index in [1.54, 1.807) is 24.3 Å². The molecule has 5 heterocycles. The predicted molar refractivity (Wildman–Crippen MR) is 109 cm³/mol. The molecule has 3 unspecified atom stereocenters. The number of hydrogen-bond donors (Lipinski definition) is 1. The molecule has 0 radical (unpaired) electrons. The maximum absolute atomic E-state index is 12.9. The third-order valence-corrected chi connectivity index (χ3v) is 6.48. The van der Waals surface area contributed by atoms with Crippen molar-refractivity contribution >= 4 is 17.8 Å². The summed E-state index contributed by atoms with van der Waals surface area (Å²) in [5.41, 5.74) is 1.01. The molecular weight excluding hydrogens is 400 g/mol. The van der Waals surface area contributed by atoms with Crippen LogP contribution in [0.15, 0.2) is 45.8 Å². The van der Waals surface area contributed by atoms with E-state index in [2.05, 4.69) is 5.32 Å². The maximum Gasteiger partial charge on any atom is 0.325 e. The molecule has 3 atom stereocenters. The fraction of sp³-hybridized carbons (Fsp3) is 0.455. The Kier molecular flexibility index (Phi) is 4.88. The average molecular weight is 424 g/mol. The van der Waals surface area contributed by atoms with E-state index in [1.165, 1.54) is 6.26 Å². The van der Waals surface area contributed by atoms with Crippen molar-refractivity contribution in [2.45, 2.75) is 44.3 Å². The van der Waals surface area contributed by atoms with Gasteiger partial charge in [0.05, 0.1) is 12.8 Å². The van der Waals surface area contributed by atoms with Gasteiger partial charge in [0.1, 0.15) is 11.8 Å². The summed E-state index contributed by atoms with van der Waals surface area (Å²) in [6.07, 6.45) is 2.92. The van der Waals surface area contributed by atoms with Crippen LogP contribution < -0.4 is 10.9 Å². The number of carbonyl (C=O) groups is 3. The van der Waals surface area contributed by atoms with Crippen molar-refractivity contribution < 1.29 is 18.8 Å². The van der Waals surface area contributed by atoms with Crippen LogP contribution in [0.2, 0.25) is 0 Å². The lowest BCUT2D eigenvalue weighted by Crippen LogP contribution is -2.49. The summed E-state index contributed by atoms with van der Waals surface area (Å²) in [4.78, 5) is 52.8. The van der Waals surface area contributed by atoms with E-state index >= 15 is 0 Å². The van der Waals surface area contributed by atoms with Crippen molar-refractivity contribution in [1.29, 1.82) is 0 Å². The Bertz CT molecular complexity index is 1080. The van der Waals surface area contributed by atoms with Gasteiger partial charge in [-0.3, -0.25) is 19.3 Å². The highest BCUT2D eigenvalue weighted by molar-refractivity contribution is 6.04. The summed E-state index contributed by atoms with van der Waals surface area (Å²) in [6.45, 7) is 1.91. The molecule has 0 saturated carbocycles. The highest BCUT2D eigenvalue weighted by Gasteiger charge is 2.40. The number of piperidine rings is 1. The molecule has 4 amide bonds. The van der Waals surface area contributed by atoms with Crippen molar-refractivity contribution in [2.24, 2.45) is 5.92 Å². The molecule has 2 saturated heterocycles. The molecule has 2 bridgehead atoms. The van der Waals surface area contributed by atoms with Crippen LogP contribution in [0, 0.1) is 5.92 Å². The van der Waals surface area contributed by atoms with Gasteiger partial charge in [0.2, 0.25) is 5.91 Å². The Morgan fingerprint density at radius 2 is 1.97 bits per heavy atom. The quantitative estimate of drug-likeness (QED) is 0.729. The zero-order valence-corrected chi connectivity index (χ0v) is 17.0. The molecule has 0 spiro atoms. The van der Waals surface area contributed by atoms with Gasteiger partial charge in [0.15, 0.2) is 0 Å². The first-order chi connectivity index (χ1) is 15.0. The van der Waals surface area contributed by atoms with Crippen molar-refractivity contribution in [1.82, 2.24) is 19.7 Å². The van der Waals surface area contributed by atoms with E-state index in [-0.39, 0.29) is 48.6 Å². The number of carbonyl (C=O) groups excluding carboxylic acids is 3. The molecule has 3 aliphatic rings. The zero-order chi connectivity index (χ0) is 21.5. The van der Waals surface area contributed by atoms with Crippen LogP contribution in [-0.4, -0.2) is 51.3 Å². The van der Waals surface area contributed by atoms with Gasteiger partial charge in [-0.1, -0.05) is 6.07 Å². The maximum atomic E-state index is 12.9. The van der Waals surface area contributed by atoms with Gasteiger partial charge >= 0.3 is 6.03 Å². The monoisotopic (exact) mass is 424 g/mol. The molecule has 0 aliphatic carbocycles. The van der Waals surface area contributed by atoms with Gasteiger partial charge in [-0.15, -0.1) is 0 Å². The Morgan fingerprint density at radius 1 is 1.10 bits per heavy atom.